The lowest BCUT2D eigenvalue weighted by molar-refractivity contribution is -0.142. The van der Waals surface area contributed by atoms with Gasteiger partial charge in [-0.1, -0.05) is 25.0 Å². The highest BCUT2D eigenvalue weighted by molar-refractivity contribution is 5.87. The molecule has 0 radical (unpaired) electrons. The zero-order chi connectivity index (χ0) is 23.6. The minimum absolute atomic E-state index is 0.0177. The number of hydrogen-bond donors (Lipinski definition) is 1. The van der Waals surface area contributed by atoms with Gasteiger partial charge in [-0.25, -0.2) is 4.39 Å². The number of piperidine rings is 1. The Morgan fingerprint density at radius 1 is 1.18 bits per heavy atom. The van der Waals surface area contributed by atoms with Gasteiger partial charge in [-0.15, -0.1) is 0 Å². The first-order valence-electron chi connectivity index (χ1n) is 12.8. The lowest BCUT2D eigenvalue weighted by atomic mass is 9.89. The first-order valence-corrected chi connectivity index (χ1v) is 12.8. The number of nitrogens with two attached hydrogens (primary N) is 1. The van der Waals surface area contributed by atoms with Crippen LogP contribution in [0.4, 0.5) is 4.39 Å². The van der Waals surface area contributed by atoms with Crippen molar-refractivity contribution in [2.45, 2.75) is 81.2 Å². The monoisotopic (exact) mass is 465 g/mol. The maximum absolute atomic E-state index is 13.6. The van der Waals surface area contributed by atoms with Crippen molar-refractivity contribution in [2.24, 2.45) is 17.6 Å². The Morgan fingerprint density at radius 3 is 2.59 bits per heavy atom. The minimum Gasteiger partial charge on any atom is -0.330 e. The number of fused-ring (bicyclic) bond motifs is 3. The van der Waals surface area contributed by atoms with Crippen LogP contribution in [0.25, 0.3) is 0 Å². The number of likely N-dealkylation sites (tertiary alicyclic amines) is 3. The van der Waals surface area contributed by atoms with Gasteiger partial charge < -0.3 is 15.5 Å². The number of carbonyl (C=O) groups is 2. The molecule has 2 N–H and O–H groups in total. The zero-order valence-electron chi connectivity index (χ0n) is 19.4. The molecule has 0 aromatic heterocycles. The van der Waals surface area contributed by atoms with E-state index in [0.29, 0.717) is 24.9 Å². The van der Waals surface area contributed by atoms with E-state index in [4.69, 9.17) is 5.73 Å². The molecule has 2 bridgehead atoms. The molecule has 180 valence electrons. The van der Waals surface area contributed by atoms with Crippen LogP contribution in [-0.4, -0.2) is 69.8 Å². The van der Waals surface area contributed by atoms with Gasteiger partial charge in [-0.2, -0.15) is 5.26 Å². The summed E-state index contributed by atoms with van der Waals surface area (Å²) < 4.78 is 13.6. The Kier molecular flexibility index (Phi) is 5.38. The van der Waals surface area contributed by atoms with E-state index < -0.39 is 6.04 Å². The standard InChI is InChI=1S/C26H32FN5O2/c27-18-7-5-16(6-8-18)24(15-3-1-2-4-15)32-20-11-23(26(32)34)30(13-20)14-21(29)25(33)31-19(12-28)9-17-10-22(17)31/h5-8,15,17,19-24H,1-4,9-11,13-14,29H2/t17-,19+,20-,21+,22?,23-,24+/m1/s1. The van der Waals surface area contributed by atoms with Crippen molar-refractivity contribution in [3.8, 4) is 6.07 Å². The topological polar surface area (TPSA) is 93.7 Å². The van der Waals surface area contributed by atoms with Gasteiger partial charge in [0.2, 0.25) is 11.8 Å². The molecule has 2 saturated carbocycles. The van der Waals surface area contributed by atoms with Gasteiger partial charge in [0.1, 0.15) is 11.9 Å². The second-order valence-electron chi connectivity index (χ2n) is 10.9. The summed E-state index contributed by atoms with van der Waals surface area (Å²) in [5.74, 6) is 0.546. The third-order valence-electron chi connectivity index (χ3n) is 8.93. The molecule has 2 amide bonds. The van der Waals surface area contributed by atoms with Crippen LogP contribution in [0.1, 0.15) is 56.6 Å². The van der Waals surface area contributed by atoms with Gasteiger partial charge in [0.15, 0.2) is 0 Å². The summed E-state index contributed by atoms with van der Waals surface area (Å²) in [6.07, 6.45) is 7.00. The molecule has 3 aliphatic heterocycles. The fourth-order valence-corrected chi connectivity index (χ4v) is 7.26. The van der Waals surface area contributed by atoms with Crippen molar-refractivity contribution >= 4 is 11.8 Å². The molecule has 1 aromatic rings. The average molecular weight is 466 g/mol. The highest BCUT2D eigenvalue weighted by Crippen LogP contribution is 2.48. The number of nitriles is 1. The first-order chi connectivity index (χ1) is 16.5. The maximum Gasteiger partial charge on any atom is 0.242 e. The molecule has 34 heavy (non-hydrogen) atoms. The average Bonchev–Trinajstić information content (AvgIpc) is 3.25. The van der Waals surface area contributed by atoms with Crippen molar-refractivity contribution < 1.29 is 14.0 Å². The predicted molar refractivity (Wildman–Crippen MR) is 122 cm³/mol. The lowest BCUT2D eigenvalue weighted by Gasteiger charge is -2.42. The number of amides is 2. The van der Waals surface area contributed by atoms with E-state index in [1.807, 2.05) is 12.1 Å². The van der Waals surface area contributed by atoms with Gasteiger partial charge in [0, 0.05) is 25.2 Å². The Bertz CT molecular complexity index is 1020. The Balaban J connectivity index is 1.16. The molecule has 1 unspecified atom stereocenters. The molecule has 3 saturated heterocycles. The molecular weight excluding hydrogens is 433 g/mol. The molecule has 2 aliphatic carbocycles. The predicted octanol–water partition coefficient (Wildman–Crippen LogP) is 2.18. The Morgan fingerprint density at radius 2 is 1.91 bits per heavy atom. The van der Waals surface area contributed by atoms with Gasteiger partial charge in [0.05, 0.1) is 24.2 Å². The van der Waals surface area contributed by atoms with Crippen molar-refractivity contribution in [3.63, 3.8) is 0 Å². The molecule has 8 heteroatoms. The molecular formula is C26H32FN5O2. The van der Waals surface area contributed by atoms with Crippen LogP contribution in [0.15, 0.2) is 24.3 Å². The smallest absolute Gasteiger partial charge is 0.242 e. The fourth-order valence-electron chi connectivity index (χ4n) is 7.26. The van der Waals surface area contributed by atoms with E-state index in [9.17, 15) is 19.2 Å². The number of rotatable bonds is 6. The number of benzene rings is 1. The van der Waals surface area contributed by atoms with E-state index in [0.717, 1.165) is 37.7 Å². The van der Waals surface area contributed by atoms with Crippen molar-refractivity contribution in [2.75, 3.05) is 13.1 Å². The molecule has 7 atom stereocenters. The maximum atomic E-state index is 13.6. The first kappa shape index (κ1) is 22.0. The second kappa shape index (κ2) is 8.31. The third kappa shape index (κ3) is 3.52. The molecule has 3 heterocycles. The quantitative estimate of drug-likeness (QED) is 0.695. The molecule has 6 rings (SSSR count). The molecule has 5 aliphatic rings. The van der Waals surface area contributed by atoms with Crippen LogP contribution in [0.3, 0.4) is 0 Å². The summed E-state index contributed by atoms with van der Waals surface area (Å²) in [7, 11) is 0. The lowest BCUT2D eigenvalue weighted by Crippen LogP contribution is -2.57. The zero-order valence-corrected chi connectivity index (χ0v) is 19.4. The van der Waals surface area contributed by atoms with Crippen molar-refractivity contribution in [1.82, 2.24) is 14.7 Å². The fraction of sp³-hybridized carbons (Fsp3) is 0.654. The van der Waals surface area contributed by atoms with E-state index in [2.05, 4.69) is 15.9 Å². The van der Waals surface area contributed by atoms with Crippen LogP contribution in [0.2, 0.25) is 0 Å². The minimum atomic E-state index is -0.724. The largest absolute Gasteiger partial charge is 0.330 e. The number of halogens is 1. The third-order valence-corrected chi connectivity index (χ3v) is 8.93. The summed E-state index contributed by atoms with van der Waals surface area (Å²) in [5.41, 5.74) is 7.37. The number of hydrogen-bond acceptors (Lipinski definition) is 5. The van der Waals surface area contributed by atoms with Crippen LogP contribution in [0.5, 0.6) is 0 Å². The molecule has 5 fully saturated rings. The number of nitrogens with zero attached hydrogens (tertiary/aromatic N) is 4. The van der Waals surface area contributed by atoms with Gasteiger partial charge in [0.25, 0.3) is 0 Å². The SMILES string of the molecule is N#C[C@@H]1C[C@@H]2CC2N1C(=O)[C@@H](N)CN1C[C@H]2C[C@@H]1C(=O)N2[C@H](c1ccc(F)cc1)C1CCCC1. The molecule has 1 aromatic carbocycles. The van der Waals surface area contributed by atoms with E-state index >= 15 is 0 Å². The molecule has 7 nitrogen and oxygen atoms in total. The van der Waals surface area contributed by atoms with E-state index in [1.54, 1.807) is 4.90 Å². The summed E-state index contributed by atoms with van der Waals surface area (Å²) >= 11 is 0. The summed E-state index contributed by atoms with van der Waals surface area (Å²) in [6.45, 7) is 1.05. The van der Waals surface area contributed by atoms with Gasteiger partial charge in [-0.3, -0.25) is 14.5 Å². The number of piperazine rings is 1. The van der Waals surface area contributed by atoms with Crippen LogP contribution >= 0.6 is 0 Å². The summed E-state index contributed by atoms with van der Waals surface area (Å²) in [4.78, 5) is 32.5. The highest BCUT2D eigenvalue weighted by atomic mass is 19.1. The summed E-state index contributed by atoms with van der Waals surface area (Å²) in [6, 6.07) is 7.80. The highest BCUT2D eigenvalue weighted by Gasteiger charge is 2.56. The Labute approximate surface area is 199 Å². The number of carbonyl (C=O) groups excluding carboxylic acids is 2. The van der Waals surface area contributed by atoms with Crippen LogP contribution in [-0.2, 0) is 9.59 Å². The van der Waals surface area contributed by atoms with Gasteiger partial charge >= 0.3 is 0 Å². The van der Waals surface area contributed by atoms with Crippen molar-refractivity contribution in [1.29, 1.82) is 5.26 Å². The van der Waals surface area contributed by atoms with E-state index in [-0.39, 0.29) is 47.8 Å². The van der Waals surface area contributed by atoms with Gasteiger partial charge in [-0.05, 0) is 61.6 Å². The summed E-state index contributed by atoms with van der Waals surface area (Å²) in [5, 5.41) is 9.42. The van der Waals surface area contributed by atoms with E-state index in [1.165, 1.54) is 25.0 Å². The van der Waals surface area contributed by atoms with Crippen LogP contribution < -0.4 is 5.73 Å². The Hall–Kier alpha value is -2.50. The second-order valence-corrected chi connectivity index (χ2v) is 10.9. The normalized spacial score (nSPS) is 34.4. The van der Waals surface area contributed by atoms with Crippen molar-refractivity contribution in [3.05, 3.63) is 35.6 Å². The van der Waals surface area contributed by atoms with Crippen LogP contribution in [0, 0.1) is 29.0 Å². The molecule has 0 spiro atoms.